The molecule has 1 N–H and O–H groups in total. The summed E-state index contributed by atoms with van der Waals surface area (Å²) in [7, 11) is 0. The number of nitriles is 1. The maximum atomic E-state index is 13.0. The Morgan fingerprint density at radius 3 is 2.74 bits per heavy atom. The molecule has 2 heterocycles. The fourth-order valence-corrected chi connectivity index (χ4v) is 7.45. The van der Waals surface area contributed by atoms with Gasteiger partial charge >= 0.3 is 11.8 Å². The Kier molecular flexibility index (Phi) is 4.05. The van der Waals surface area contributed by atoms with Crippen LogP contribution in [0.4, 0.5) is 4.79 Å². The van der Waals surface area contributed by atoms with Crippen LogP contribution in [-0.2, 0) is 4.74 Å². The molecule has 1 amide bonds. The predicted molar refractivity (Wildman–Crippen MR) is 114 cm³/mol. The number of hydrogen-bond donors (Lipinski definition) is 1. The number of ether oxygens (including phenoxy) is 1. The lowest BCUT2D eigenvalue weighted by molar-refractivity contribution is -0.133. The van der Waals surface area contributed by atoms with E-state index in [1.807, 2.05) is 6.07 Å². The van der Waals surface area contributed by atoms with Crippen LogP contribution in [0.25, 0.3) is 11.0 Å². The van der Waals surface area contributed by atoms with E-state index in [-0.39, 0.29) is 23.9 Å². The second kappa shape index (κ2) is 6.62. The van der Waals surface area contributed by atoms with Crippen LogP contribution in [0, 0.1) is 34.5 Å². The van der Waals surface area contributed by atoms with Gasteiger partial charge in [0.1, 0.15) is 6.10 Å². The number of carbonyl (C=O) groups is 1. The summed E-state index contributed by atoms with van der Waals surface area (Å²) >= 11 is 0. The number of hydrogen-bond acceptors (Lipinski definition) is 4. The zero-order chi connectivity index (χ0) is 21.3. The van der Waals surface area contributed by atoms with Crippen LogP contribution < -0.4 is 5.69 Å². The molecule has 5 fully saturated rings. The van der Waals surface area contributed by atoms with Crippen molar-refractivity contribution in [1.82, 2.24) is 14.5 Å². The summed E-state index contributed by atoms with van der Waals surface area (Å²) in [6.07, 6.45) is 6.72. The van der Waals surface area contributed by atoms with Gasteiger partial charge < -0.3 is 14.6 Å². The molecule has 162 valence electrons. The van der Waals surface area contributed by atoms with Crippen LogP contribution >= 0.6 is 0 Å². The Morgan fingerprint density at radius 1 is 1.26 bits per heavy atom. The van der Waals surface area contributed by atoms with E-state index >= 15 is 0 Å². The number of aromatic amines is 1. The number of H-pyrrole nitrogens is 1. The summed E-state index contributed by atoms with van der Waals surface area (Å²) in [6.45, 7) is 3.50. The molecule has 0 radical (unpaired) electrons. The van der Waals surface area contributed by atoms with E-state index in [4.69, 9.17) is 10.00 Å². The summed E-state index contributed by atoms with van der Waals surface area (Å²) in [4.78, 5) is 30.3. The molecule has 2 unspecified atom stereocenters. The number of carbonyl (C=O) groups excluding carboxylic acids is 1. The summed E-state index contributed by atoms with van der Waals surface area (Å²) in [6, 6.07) is 7.24. The van der Waals surface area contributed by atoms with Crippen LogP contribution in [-0.4, -0.2) is 39.7 Å². The third-order valence-corrected chi connectivity index (χ3v) is 8.36. The molecular formula is C24H28N4O3. The van der Waals surface area contributed by atoms with Gasteiger partial charge in [0.2, 0.25) is 0 Å². The Hall–Kier alpha value is -2.75. The van der Waals surface area contributed by atoms with Crippen molar-refractivity contribution in [1.29, 1.82) is 5.26 Å². The SMILES string of the molecule is C[C@]12CC3CC(C1)[C@@H](OC(=O)N1CC[C@@H](n4c(=O)[nH]c5cc(C#N)ccc54)C1)C(C3)C2. The van der Waals surface area contributed by atoms with Crippen molar-refractivity contribution in [2.75, 3.05) is 13.1 Å². The molecule has 7 heteroatoms. The third kappa shape index (κ3) is 2.99. The maximum Gasteiger partial charge on any atom is 0.410 e. The van der Waals surface area contributed by atoms with Crippen LogP contribution in [0.3, 0.4) is 0 Å². The number of fused-ring (bicyclic) bond motifs is 1. The highest BCUT2D eigenvalue weighted by molar-refractivity contribution is 5.77. The van der Waals surface area contributed by atoms with Gasteiger partial charge in [-0.3, -0.25) is 4.57 Å². The molecule has 4 aliphatic carbocycles. The first kappa shape index (κ1) is 19.0. The average molecular weight is 421 g/mol. The molecule has 1 aromatic carbocycles. The molecule has 4 saturated carbocycles. The molecule has 0 spiro atoms. The maximum absolute atomic E-state index is 13.0. The largest absolute Gasteiger partial charge is 0.446 e. The zero-order valence-corrected chi connectivity index (χ0v) is 17.8. The Morgan fingerprint density at radius 2 is 2.03 bits per heavy atom. The van der Waals surface area contributed by atoms with Crippen LogP contribution in [0.1, 0.15) is 57.1 Å². The lowest BCUT2D eigenvalue weighted by Gasteiger charge is -2.58. The summed E-state index contributed by atoms with van der Waals surface area (Å²) in [5, 5.41) is 9.10. The number of imidazole rings is 1. The lowest BCUT2D eigenvalue weighted by atomic mass is 9.49. The predicted octanol–water partition coefficient (Wildman–Crippen LogP) is 3.80. The molecule has 3 atom stereocenters. The number of rotatable bonds is 2. The van der Waals surface area contributed by atoms with Gasteiger partial charge in [-0.15, -0.1) is 0 Å². The first-order valence-corrected chi connectivity index (χ1v) is 11.5. The monoisotopic (exact) mass is 420 g/mol. The van der Waals surface area contributed by atoms with Gasteiger partial charge in [0, 0.05) is 13.1 Å². The first-order valence-electron chi connectivity index (χ1n) is 11.5. The highest BCUT2D eigenvalue weighted by atomic mass is 16.6. The van der Waals surface area contributed by atoms with Gasteiger partial charge in [-0.05, 0) is 79.9 Å². The number of benzene rings is 1. The second-order valence-corrected chi connectivity index (χ2v) is 10.7. The van der Waals surface area contributed by atoms with Gasteiger partial charge in [-0.2, -0.15) is 5.26 Å². The molecule has 1 aromatic heterocycles. The summed E-state index contributed by atoms with van der Waals surface area (Å²) in [5.74, 6) is 1.86. The highest BCUT2D eigenvalue weighted by Crippen LogP contribution is 2.60. The van der Waals surface area contributed by atoms with Crippen molar-refractivity contribution >= 4 is 17.1 Å². The molecule has 1 saturated heterocycles. The van der Waals surface area contributed by atoms with Gasteiger partial charge in [0.25, 0.3) is 0 Å². The van der Waals surface area contributed by atoms with Gasteiger partial charge in [-0.1, -0.05) is 6.92 Å². The number of aromatic nitrogens is 2. The van der Waals surface area contributed by atoms with Gasteiger partial charge in [0.15, 0.2) is 0 Å². The van der Waals surface area contributed by atoms with Crippen molar-refractivity contribution in [3.05, 3.63) is 34.2 Å². The zero-order valence-electron chi connectivity index (χ0n) is 17.8. The number of amides is 1. The number of nitrogens with zero attached hydrogens (tertiary/aromatic N) is 3. The molecule has 4 bridgehead atoms. The fourth-order valence-electron chi connectivity index (χ4n) is 7.45. The van der Waals surface area contributed by atoms with E-state index in [1.54, 1.807) is 21.6 Å². The lowest BCUT2D eigenvalue weighted by Crippen LogP contribution is -2.54. The number of nitrogens with one attached hydrogen (secondary N) is 1. The smallest absolute Gasteiger partial charge is 0.410 e. The van der Waals surface area contributed by atoms with Crippen LogP contribution in [0.5, 0.6) is 0 Å². The van der Waals surface area contributed by atoms with Crippen molar-refractivity contribution in [2.45, 2.75) is 57.6 Å². The molecule has 31 heavy (non-hydrogen) atoms. The van der Waals surface area contributed by atoms with E-state index in [0.717, 1.165) is 17.9 Å². The van der Waals surface area contributed by atoms with E-state index in [2.05, 4.69) is 18.0 Å². The Bertz CT molecular complexity index is 1140. The molecule has 7 rings (SSSR count). The van der Waals surface area contributed by atoms with E-state index in [1.165, 1.54) is 32.1 Å². The minimum atomic E-state index is -0.218. The minimum Gasteiger partial charge on any atom is -0.446 e. The van der Waals surface area contributed by atoms with Gasteiger partial charge in [0.05, 0.1) is 28.7 Å². The van der Waals surface area contributed by atoms with Crippen molar-refractivity contribution < 1.29 is 9.53 Å². The summed E-state index contributed by atoms with van der Waals surface area (Å²) in [5.41, 5.74) is 2.22. The average Bonchev–Trinajstić information content (AvgIpc) is 3.32. The molecule has 2 aromatic rings. The quantitative estimate of drug-likeness (QED) is 0.800. The van der Waals surface area contributed by atoms with Crippen molar-refractivity contribution in [2.24, 2.45) is 23.2 Å². The van der Waals surface area contributed by atoms with Crippen LogP contribution in [0.2, 0.25) is 0 Å². The Labute approximate surface area is 181 Å². The Balaban J connectivity index is 1.17. The third-order valence-electron chi connectivity index (χ3n) is 8.36. The van der Waals surface area contributed by atoms with E-state index in [0.29, 0.717) is 41.4 Å². The molecule has 5 aliphatic rings. The summed E-state index contributed by atoms with van der Waals surface area (Å²) < 4.78 is 7.86. The normalized spacial score (nSPS) is 36.1. The fraction of sp³-hybridized carbons (Fsp3) is 0.625. The topological polar surface area (TPSA) is 91.1 Å². The highest BCUT2D eigenvalue weighted by Gasteiger charge is 2.55. The standard InChI is InChI=1S/C24H28N4O3/c1-24-9-15-6-16(10-24)21(17(7-15)11-24)31-23(30)27-5-4-18(13-27)28-20-3-2-14(12-25)8-19(20)26-22(28)29/h2-3,8,15-18,21H,4-7,9-11,13H2,1H3,(H,26,29)/t15?,16?,17?,18-,21-,24+/m1/s1. The molecule has 7 nitrogen and oxygen atoms in total. The minimum absolute atomic E-state index is 0.0661. The molecule has 1 aliphatic heterocycles. The van der Waals surface area contributed by atoms with Gasteiger partial charge in [-0.25, -0.2) is 9.59 Å². The first-order chi connectivity index (χ1) is 14.9. The number of likely N-dealkylation sites (tertiary alicyclic amines) is 1. The van der Waals surface area contributed by atoms with Crippen LogP contribution in [0.15, 0.2) is 23.0 Å². The van der Waals surface area contributed by atoms with Crippen molar-refractivity contribution in [3.8, 4) is 6.07 Å². The second-order valence-electron chi connectivity index (χ2n) is 10.7. The van der Waals surface area contributed by atoms with Crippen molar-refractivity contribution in [3.63, 3.8) is 0 Å². The van der Waals surface area contributed by atoms with E-state index in [9.17, 15) is 9.59 Å². The molecular weight excluding hydrogens is 392 g/mol. The van der Waals surface area contributed by atoms with E-state index < -0.39 is 0 Å².